The number of hydrogen-bond acceptors (Lipinski definition) is 4. The number of anilines is 2. The van der Waals surface area contributed by atoms with Crippen molar-refractivity contribution in [2.24, 2.45) is 0 Å². The molecule has 6 heteroatoms. The molecule has 0 atom stereocenters. The molecule has 2 N–H and O–H groups in total. The third kappa shape index (κ3) is 3.49. The largest absolute Gasteiger partial charge is 0.323 e. The van der Waals surface area contributed by atoms with Crippen molar-refractivity contribution < 1.29 is 9.59 Å². The zero-order chi connectivity index (χ0) is 16.2. The Morgan fingerprint density at radius 2 is 1.43 bits per heavy atom. The molecular formula is C17H14N4O2. The fourth-order valence-electron chi connectivity index (χ4n) is 2.12. The van der Waals surface area contributed by atoms with E-state index in [2.05, 4.69) is 20.6 Å². The van der Waals surface area contributed by atoms with Crippen LogP contribution in [0.2, 0.25) is 0 Å². The van der Waals surface area contributed by atoms with Crippen molar-refractivity contribution in [1.29, 1.82) is 0 Å². The van der Waals surface area contributed by atoms with Crippen molar-refractivity contribution in [1.82, 2.24) is 9.97 Å². The van der Waals surface area contributed by atoms with E-state index in [9.17, 15) is 9.59 Å². The molecule has 114 valence electrons. The molecule has 3 rings (SSSR count). The summed E-state index contributed by atoms with van der Waals surface area (Å²) in [5.41, 5.74) is 3.29. The number of benzene rings is 2. The summed E-state index contributed by atoms with van der Waals surface area (Å²) in [6, 6.07) is 11.6. The SMILES string of the molecule is CC(=O)c1ccc(NC(=O)Nc2ccc3nccnc3c2)cc1. The second kappa shape index (κ2) is 6.23. The number of urea groups is 1. The summed E-state index contributed by atoms with van der Waals surface area (Å²) in [5.74, 6) is -0.0155. The number of amides is 2. The maximum absolute atomic E-state index is 12.0. The van der Waals surface area contributed by atoms with Crippen LogP contribution >= 0.6 is 0 Å². The van der Waals surface area contributed by atoms with Crippen molar-refractivity contribution in [3.63, 3.8) is 0 Å². The molecular weight excluding hydrogens is 292 g/mol. The van der Waals surface area contributed by atoms with Crippen LogP contribution in [0, 0.1) is 0 Å². The molecule has 0 saturated heterocycles. The van der Waals surface area contributed by atoms with Gasteiger partial charge < -0.3 is 10.6 Å². The molecule has 0 aliphatic heterocycles. The molecule has 0 radical (unpaired) electrons. The fraction of sp³-hybridized carbons (Fsp3) is 0.0588. The molecule has 23 heavy (non-hydrogen) atoms. The van der Waals surface area contributed by atoms with Gasteiger partial charge in [-0.1, -0.05) is 0 Å². The van der Waals surface area contributed by atoms with Gasteiger partial charge in [0.25, 0.3) is 0 Å². The van der Waals surface area contributed by atoms with Crippen molar-refractivity contribution in [3.8, 4) is 0 Å². The Morgan fingerprint density at radius 3 is 2.13 bits per heavy atom. The number of ketones is 1. The number of rotatable bonds is 3. The third-order valence-electron chi connectivity index (χ3n) is 3.28. The highest BCUT2D eigenvalue weighted by molar-refractivity contribution is 6.01. The Labute approximate surface area is 132 Å². The van der Waals surface area contributed by atoms with Gasteiger partial charge in [0.15, 0.2) is 5.78 Å². The molecule has 2 aromatic carbocycles. The molecule has 2 amide bonds. The minimum atomic E-state index is -0.371. The van der Waals surface area contributed by atoms with Crippen LogP contribution in [-0.4, -0.2) is 21.8 Å². The Balaban J connectivity index is 1.69. The van der Waals surface area contributed by atoms with E-state index in [0.29, 0.717) is 22.5 Å². The quantitative estimate of drug-likeness (QED) is 0.726. The number of nitrogens with zero attached hydrogens (tertiary/aromatic N) is 2. The van der Waals surface area contributed by atoms with Crippen LogP contribution in [0.15, 0.2) is 54.9 Å². The second-order valence-corrected chi connectivity index (χ2v) is 4.97. The van der Waals surface area contributed by atoms with E-state index < -0.39 is 0 Å². The lowest BCUT2D eigenvalue weighted by Gasteiger charge is -2.08. The van der Waals surface area contributed by atoms with Gasteiger partial charge in [0.05, 0.1) is 11.0 Å². The van der Waals surface area contributed by atoms with Crippen molar-refractivity contribution in [3.05, 3.63) is 60.4 Å². The number of carbonyl (C=O) groups excluding carboxylic acids is 2. The number of carbonyl (C=O) groups is 2. The maximum atomic E-state index is 12.0. The summed E-state index contributed by atoms with van der Waals surface area (Å²) in [6.07, 6.45) is 3.22. The van der Waals surface area contributed by atoms with Gasteiger partial charge >= 0.3 is 6.03 Å². The van der Waals surface area contributed by atoms with Crippen LogP contribution < -0.4 is 10.6 Å². The lowest BCUT2D eigenvalue weighted by atomic mass is 10.1. The first-order valence-electron chi connectivity index (χ1n) is 7.01. The van der Waals surface area contributed by atoms with E-state index >= 15 is 0 Å². The smallest absolute Gasteiger partial charge is 0.308 e. The van der Waals surface area contributed by atoms with Gasteiger partial charge in [0.1, 0.15) is 0 Å². The second-order valence-electron chi connectivity index (χ2n) is 4.97. The summed E-state index contributed by atoms with van der Waals surface area (Å²) in [5, 5.41) is 5.44. The molecule has 0 fully saturated rings. The van der Waals surface area contributed by atoms with E-state index in [0.717, 1.165) is 5.52 Å². The maximum Gasteiger partial charge on any atom is 0.323 e. The summed E-state index contributed by atoms with van der Waals surface area (Å²) in [4.78, 5) is 31.6. The van der Waals surface area contributed by atoms with E-state index in [-0.39, 0.29) is 11.8 Å². The van der Waals surface area contributed by atoms with Crippen LogP contribution in [0.4, 0.5) is 16.2 Å². The average molecular weight is 306 g/mol. The van der Waals surface area contributed by atoms with Gasteiger partial charge in [-0.3, -0.25) is 14.8 Å². The van der Waals surface area contributed by atoms with Gasteiger partial charge in [-0.2, -0.15) is 0 Å². The van der Waals surface area contributed by atoms with Gasteiger partial charge in [-0.15, -0.1) is 0 Å². The molecule has 0 aliphatic rings. The highest BCUT2D eigenvalue weighted by Gasteiger charge is 2.05. The molecule has 0 aliphatic carbocycles. The van der Waals surface area contributed by atoms with Crippen molar-refractivity contribution in [2.45, 2.75) is 6.92 Å². The Morgan fingerprint density at radius 1 is 0.826 bits per heavy atom. The Kier molecular flexibility index (Phi) is 3.97. The van der Waals surface area contributed by atoms with Crippen molar-refractivity contribution >= 4 is 34.2 Å². The summed E-state index contributed by atoms with van der Waals surface area (Å²) in [6.45, 7) is 1.50. The minimum Gasteiger partial charge on any atom is -0.308 e. The summed E-state index contributed by atoms with van der Waals surface area (Å²) in [7, 11) is 0. The first kappa shape index (κ1) is 14.6. The lowest BCUT2D eigenvalue weighted by Crippen LogP contribution is -2.19. The topological polar surface area (TPSA) is 84.0 Å². The monoisotopic (exact) mass is 306 g/mol. The van der Waals surface area contributed by atoms with E-state index in [1.54, 1.807) is 54.9 Å². The minimum absolute atomic E-state index is 0.0155. The molecule has 0 unspecified atom stereocenters. The fourth-order valence-corrected chi connectivity index (χ4v) is 2.12. The first-order valence-corrected chi connectivity index (χ1v) is 7.01. The van der Waals surface area contributed by atoms with E-state index in [4.69, 9.17) is 0 Å². The van der Waals surface area contributed by atoms with Gasteiger partial charge in [-0.25, -0.2) is 4.79 Å². The van der Waals surface area contributed by atoms with Crippen LogP contribution in [-0.2, 0) is 0 Å². The molecule has 0 saturated carbocycles. The summed E-state index contributed by atoms with van der Waals surface area (Å²) < 4.78 is 0. The zero-order valence-corrected chi connectivity index (χ0v) is 12.4. The molecule has 6 nitrogen and oxygen atoms in total. The molecule has 1 aromatic heterocycles. The predicted molar refractivity (Wildman–Crippen MR) is 88.6 cm³/mol. The molecule has 3 aromatic rings. The first-order chi connectivity index (χ1) is 11.1. The number of aromatic nitrogens is 2. The van der Waals surface area contributed by atoms with Gasteiger partial charge in [-0.05, 0) is 49.4 Å². The number of nitrogens with one attached hydrogen (secondary N) is 2. The van der Waals surface area contributed by atoms with Crippen LogP contribution in [0.1, 0.15) is 17.3 Å². The third-order valence-corrected chi connectivity index (χ3v) is 3.28. The van der Waals surface area contributed by atoms with Crippen LogP contribution in [0.3, 0.4) is 0 Å². The number of fused-ring (bicyclic) bond motifs is 1. The van der Waals surface area contributed by atoms with Crippen LogP contribution in [0.25, 0.3) is 11.0 Å². The van der Waals surface area contributed by atoms with E-state index in [1.807, 2.05) is 0 Å². The Hall–Kier alpha value is -3.28. The van der Waals surface area contributed by atoms with Gasteiger partial charge in [0.2, 0.25) is 0 Å². The molecule has 0 bridgehead atoms. The van der Waals surface area contributed by atoms with Crippen molar-refractivity contribution in [2.75, 3.05) is 10.6 Å². The highest BCUT2D eigenvalue weighted by atomic mass is 16.2. The normalized spacial score (nSPS) is 10.3. The highest BCUT2D eigenvalue weighted by Crippen LogP contribution is 2.16. The molecule has 1 heterocycles. The molecule has 0 spiro atoms. The lowest BCUT2D eigenvalue weighted by molar-refractivity contribution is 0.101. The number of hydrogen-bond donors (Lipinski definition) is 2. The average Bonchev–Trinajstić information content (AvgIpc) is 2.55. The van der Waals surface area contributed by atoms with Gasteiger partial charge in [0, 0.05) is 29.3 Å². The Bertz CT molecular complexity index is 875. The van der Waals surface area contributed by atoms with E-state index in [1.165, 1.54) is 6.92 Å². The summed E-state index contributed by atoms with van der Waals surface area (Å²) >= 11 is 0. The predicted octanol–water partition coefficient (Wildman–Crippen LogP) is 3.48. The number of Topliss-reactive ketones (excluding diaryl/α,β-unsaturated/α-hetero) is 1. The van der Waals surface area contributed by atoms with Crippen LogP contribution in [0.5, 0.6) is 0 Å². The zero-order valence-electron chi connectivity index (χ0n) is 12.4. The standard InChI is InChI=1S/C17H14N4O2/c1-11(22)12-2-4-13(5-3-12)20-17(23)21-14-6-7-15-16(10-14)19-9-8-18-15/h2-10H,1H3,(H2,20,21,23).